The van der Waals surface area contributed by atoms with E-state index < -0.39 is 11.8 Å². The first-order chi connectivity index (χ1) is 16.5. The second-order valence-corrected chi connectivity index (χ2v) is 9.45. The average Bonchev–Trinajstić information content (AvgIpc) is 3.28. The number of halogens is 1. The lowest BCUT2D eigenvalue weighted by Gasteiger charge is -2.18. The Hall–Kier alpha value is -3.53. The minimum Gasteiger partial charge on any atom is -0.303 e. The van der Waals surface area contributed by atoms with Crippen molar-refractivity contribution in [2.45, 2.75) is 6.54 Å². The van der Waals surface area contributed by atoms with E-state index in [4.69, 9.17) is 23.8 Å². The van der Waals surface area contributed by atoms with Gasteiger partial charge in [0.05, 0.1) is 28.3 Å². The topological polar surface area (TPSA) is 82.6 Å². The summed E-state index contributed by atoms with van der Waals surface area (Å²) < 4.78 is 0.125. The van der Waals surface area contributed by atoms with Crippen LogP contribution >= 0.6 is 35.6 Å². The number of carbonyl (C=O) groups excluding carboxylic acids is 3. The van der Waals surface area contributed by atoms with Gasteiger partial charge in [-0.3, -0.25) is 24.8 Å². The van der Waals surface area contributed by atoms with Gasteiger partial charge in [-0.05, 0) is 42.0 Å². The first-order valence-corrected chi connectivity index (χ1v) is 11.7. The van der Waals surface area contributed by atoms with Crippen LogP contribution in [-0.4, -0.2) is 32.0 Å². The molecule has 10 heteroatoms. The van der Waals surface area contributed by atoms with E-state index in [1.807, 2.05) is 30.3 Å². The van der Waals surface area contributed by atoms with E-state index in [2.05, 4.69) is 10.4 Å². The highest BCUT2D eigenvalue weighted by Crippen LogP contribution is 2.44. The van der Waals surface area contributed by atoms with Crippen LogP contribution in [0, 0.1) is 0 Å². The van der Waals surface area contributed by atoms with Crippen LogP contribution in [0.3, 0.4) is 0 Å². The second-order valence-electron chi connectivity index (χ2n) is 7.40. The number of hydrogen-bond donors (Lipinski definition) is 1. The molecule has 0 atom stereocenters. The predicted octanol–water partition coefficient (Wildman–Crippen LogP) is 4.20. The zero-order chi connectivity index (χ0) is 23.8. The first kappa shape index (κ1) is 22.3. The van der Waals surface area contributed by atoms with Gasteiger partial charge < -0.3 is 4.90 Å². The van der Waals surface area contributed by atoms with E-state index in [0.717, 1.165) is 22.3 Å². The molecule has 3 aromatic rings. The molecule has 0 unspecified atom stereocenters. The standard InChI is InChI=1S/C24H15ClN4O3S2/c25-17-9-3-1-6-15(17)13-28-18-10-4-2-8-16(18)19(22(28)31)20-23(32)29(24(33)34-20)27-21(30)14-7-5-11-26-12-14/h1-12H,13H2,(H,27,30). The molecule has 34 heavy (non-hydrogen) atoms. The number of anilines is 1. The highest BCUT2D eigenvalue weighted by Gasteiger charge is 2.42. The third-order valence-electron chi connectivity index (χ3n) is 5.34. The van der Waals surface area contributed by atoms with Gasteiger partial charge in [-0.2, -0.15) is 5.01 Å². The van der Waals surface area contributed by atoms with Crippen molar-refractivity contribution in [3.05, 3.63) is 99.7 Å². The molecule has 1 fully saturated rings. The molecule has 1 aromatic heterocycles. The number of thioether (sulfide) groups is 1. The molecule has 3 amide bonds. The maximum Gasteiger partial charge on any atom is 0.286 e. The average molecular weight is 507 g/mol. The summed E-state index contributed by atoms with van der Waals surface area (Å²) >= 11 is 12.7. The van der Waals surface area contributed by atoms with Crippen LogP contribution in [-0.2, 0) is 16.1 Å². The molecule has 7 nitrogen and oxygen atoms in total. The monoisotopic (exact) mass is 506 g/mol. The van der Waals surface area contributed by atoms with Crippen LogP contribution in [0.1, 0.15) is 21.5 Å². The number of aromatic nitrogens is 1. The van der Waals surface area contributed by atoms with E-state index in [9.17, 15) is 14.4 Å². The summed E-state index contributed by atoms with van der Waals surface area (Å²) in [5.74, 6) is -1.43. The molecule has 5 rings (SSSR count). The van der Waals surface area contributed by atoms with Gasteiger partial charge >= 0.3 is 0 Å². The van der Waals surface area contributed by atoms with Crippen LogP contribution in [0.4, 0.5) is 5.69 Å². The van der Waals surface area contributed by atoms with E-state index >= 15 is 0 Å². The number of benzene rings is 2. The number of amides is 3. The second kappa shape index (κ2) is 9.02. The molecular weight excluding hydrogens is 492 g/mol. The number of carbonyl (C=O) groups is 3. The Labute approximate surface area is 209 Å². The van der Waals surface area contributed by atoms with Crippen LogP contribution in [0.5, 0.6) is 0 Å². The van der Waals surface area contributed by atoms with E-state index in [0.29, 0.717) is 16.3 Å². The summed E-state index contributed by atoms with van der Waals surface area (Å²) in [7, 11) is 0. The van der Waals surface area contributed by atoms with Gasteiger partial charge in [0.15, 0.2) is 4.32 Å². The fraction of sp³-hybridized carbons (Fsp3) is 0.0417. The third kappa shape index (κ3) is 3.87. The molecule has 2 aliphatic heterocycles. The molecule has 0 aliphatic carbocycles. The summed E-state index contributed by atoms with van der Waals surface area (Å²) in [5.41, 5.74) is 5.11. The molecule has 2 aromatic carbocycles. The summed E-state index contributed by atoms with van der Waals surface area (Å²) in [6.07, 6.45) is 2.92. The van der Waals surface area contributed by atoms with Crippen LogP contribution in [0.25, 0.3) is 5.57 Å². The highest BCUT2D eigenvalue weighted by atomic mass is 35.5. The number of rotatable bonds is 4. The van der Waals surface area contributed by atoms with Crippen molar-refractivity contribution in [2.75, 3.05) is 4.90 Å². The summed E-state index contributed by atoms with van der Waals surface area (Å²) in [6.45, 7) is 0.247. The van der Waals surface area contributed by atoms with Crippen molar-refractivity contribution < 1.29 is 14.4 Å². The summed E-state index contributed by atoms with van der Waals surface area (Å²) in [4.78, 5) is 45.1. The lowest BCUT2D eigenvalue weighted by atomic mass is 10.1. The molecule has 0 saturated carbocycles. The van der Waals surface area contributed by atoms with Gasteiger partial charge in [-0.1, -0.05) is 59.8 Å². The first-order valence-electron chi connectivity index (χ1n) is 10.1. The Balaban J connectivity index is 1.49. The van der Waals surface area contributed by atoms with Gasteiger partial charge in [-0.15, -0.1) is 0 Å². The van der Waals surface area contributed by atoms with Gasteiger partial charge in [0.1, 0.15) is 0 Å². The number of fused-ring (bicyclic) bond motifs is 1. The van der Waals surface area contributed by atoms with Crippen LogP contribution in [0.2, 0.25) is 5.02 Å². The van der Waals surface area contributed by atoms with Gasteiger partial charge in [-0.25, -0.2) is 0 Å². The number of hydrazine groups is 1. The van der Waals surface area contributed by atoms with Gasteiger partial charge in [0.2, 0.25) is 0 Å². The molecule has 0 radical (unpaired) electrons. The predicted molar refractivity (Wildman–Crippen MR) is 135 cm³/mol. The Kier molecular flexibility index (Phi) is 5.91. The van der Waals surface area contributed by atoms with Crippen molar-refractivity contribution in [1.29, 1.82) is 0 Å². The Morgan fingerprint density at radius 1 is 1.03 bits per heavy atom. The minimum atomic E-state index is -0.565. The SMILES string of the molecule is O=C(NN1C(=O)C(=C2C(=O)N(Cc3ccccc3Cl)c3ccccc32)SC1=S)c1cccnc1. The number of pyridine rings is 1. The molecule has 0 bridgehead atoms. The quantitative estimate of drug-likeness (QED) is 0.422. The van der Waals surface area contributed by atoms with Crippen molar-refractivity contribution in [2.24, 2.45) is 0 Å². The smallest absolute Gasteiger partial charge is 0.286 e. The Bertz CT molecular complexity index is 1390. The Morgan fingerprint density at radius 2 is 1.79 bits per heavy atom. The summed E-state index contributed by atoms with van der Waals surface area (Å²) in [6, 6.07) is 17.7. The molecule has 0 spiro atoms. The highest BCUT2D eigenvalue weighted by molar-refractivity contribution is 8.26. The number of thiocarbonyl (C=S) groups is 1. The fourth-order valence-electron chi connectivity index (χ4n) is 3.73. The zero-order valence-corrected chi connectivity index (χ0v) is 19.8. The van der Waals surface area contributed by atoms with E-state index in [1.54, 1.807) is 41.4 Å². The zero-order valence-electron chi connectivity index (χ0n) is 17.4. The molecule has 168 valence electrons. The minimum absolute atomic E-state index is 0.125. The van der Waals surface area contributed by atoms with E-state index in [-0.39, 0.29) is 32.8 Å². The van der Waals surface area contributed by atoms with Crippen LogP contribution < -0.4 is 10.3 Å². The van der Waals surface area contributed by atoms with Crippen molar-refractivity contribution in [1.82, 2.24) is 15.4 Å². The number of hydrogen-bond acceptors (Lipinski definition) is 6. The lowest BCUT2D eigenvalue weighted by Crippen LogP contribution is -2.45. The molecule has 1 N–H and O–H groups in total. The maximum absolute atomic E-state index is 13.6. The van der Waals surface area contributed by atoms with Crippen molar-refractivity contribution in [3.8, 4) is 0 Å². The number of para-hydroxylation sites is 1. The summed E-state index contributed by atoms with van der Waals surface area (Å²) in [5, 5.41) is 1.54. The normalized spacial score (nSPS) is 17.4. The third-order valence-corrected chi connectivity index (χ3v) is 7.08. The lowest BCUT2D eigenvalue weighted by molar-refractivity contribution is -0.124. The number of nitrogens with one attached hydrogen (secondary N) is 1. The largest absolute Gasteiger partial charge is 0.303 e. The molecular formula is C24H15ClN4O3S2. The fourth-order valence-corrected chi connectivity index (χ4v) is 5.18. The molecule has 1 saturated heterocycles. The van der Waals surface area contributed by atoms with Gasteiger partial charge in [0.25, 0.3) is 17.7 Å². The molecule has 2 aliphatic rings. The Morgan fingerprint density at radius 3 is 2.56 bits per heavy atom. The van der Waals surface area contributed by atoms with Crippen LogP contribution in [0.15, 0.2) is 78.0 Å². The maximum atomic E-state index is 13.6. The molecule has 3 heterocycles. The van der Waals surface area contributed by atoms with E-state index in [1.165, 1.54) is 6.20 Å². The van der Waals surface area contributed by atoms with Gasteiger partial charge in [0, 0.05) is 23.0 Å². The van der Waals surface area contributed by atoms with Crippen molar-refractivity contribution in [3.63, 3.8) is 0 Å². The number of nitrogens with zero attached hydrogens (tertiary/aromatic N) is 3. The van der Waals surface area contributed by atoms with Crippen molar-refractivity contribution >= 4 is 68.9 Å².